The summed E-state index contributed by atoms with van der Waals surface area (Å²) in [5.41, 5.74) is 5.34. The standard InChI is InChI=1S/C5H11NO.ClH/c1-4-2-5(4,6)3-7;/h4,7H,2-3,6H2,1H3;1H/t4-,5+;/m1./s1. The molecule has 1 saturated carbocycles. The van der Waals surface area contributed by atoms with Crippen molar-refractivity contribution in [3.63, 3.8) is 0 Å². The Morgan fingerprint density at radius 2 is 2.25 bits per heavy atom. The van der Waals surface area contributed by atoms with Gasteiger partial charge in [-0.3, -0.25) is 0 Å². The molecule has 50 valence electrons. The van der Waals surface area contributed by atoms with E-state index in [4.69, 9.17) is 10.8 Å². The molecule has 0 bridgehead atoms. The molecular weight excluding hydrogens is 126 g/mol. The largest absolute Gasteiger partial charge is 0.394 e. The van der Waals surface area contributed by atoms with Crippen LogP contribution in [-0.2, 0) is 0 Å². The average Bonchev–Trinajstić information content (AvgIpc) is 2.18. The maximum absolute atomic E-state index is 8.51. The SMILES string of the molecule is C[C@@H]1C[C@]1(N)CO.Cl. The van der Waals surface area contributed by atoms with Gasteiger partial charge in [0.2, 0.25) is 0 Å². The minimum absolute atomic E-state index is 0. The highest BCUT2D eigenvalue weighted by molar-refractivity contribution is 5.85. The number of halogens is 1. The summed E-state index contributed by atoms with van der Waals surface area (Å²) in [6.07, 6.45) is 0.990. The highest BCUT2D eigenvalue weighted by Crippen LogP contribution is 2.39. The molecule has 0 spiro atoms. The van der Waals surface area contributed by atoms with Crippen LogP contribution in [0.4, 0.5) is 0 Å². The van der Waals surface area contributed by atoms with Crippen LogP contribution in [-0.4, -0.2) is 17.3 Å². The van der Waals surface area contributed by atoms with Gasteiger partial charge in [0, 0.05) is 5.54 Å². The third-order valence-electron chi connectivity index (χ3n) is 1.80. The Hall–Kier alpha value is 0.210. The van der Waals surface area contributed by atoms with Gasteiger partial charge < -0.3 is 10.8 Å². The molecule has 0 unspecified atom stereocenters. The summed E-state index contributed by atoms with van der Waals surface area (Å²) < 4.78 is 0. The molecular formula is C5H12ClNO. The van der Waals surface area contributed by atoms with Crippen molar-refractivity contribution in [3.8, 4) is 0 Å². The highest BCUT2D eigenvalue weighted by Gasteiger charge is 2.46. The van der Waals surface area contributed by atoms with Crippen molar-refractivity contribution < 1.29 is 5.11 Å². The van der Waals surface area contributed by atoms with Crippen LogP contribution >= 0.6 is 12.4 Å². The van der Waals surface area contributed by atoms with Crippen molar-refractivity contribution in [3.05, 3.63) is 0 Å². The van der Waals surface area contributed by atoms with Crippen LogP contribution in [0.25, 0.3) is 0 Å². The third kappa shape index (κ3) is 1.13. The maximum Gasteiger partial charge on any atom is 0.0613 e. The summed E-state index contributed by atoms with van der Waals surface area (Å²) in [5.74, 6) is 0.539. The van der Waals surface area contributed by atoms with Crippen LogP contribution < -0.4 is 5.73 Å². The van der Waals surface area contributed by atoms with E-state index in [1.54, 1.807) is 0 Å². The number of hydrogen-bond donors (Lipinski definition) is 2. The van der Waals surface area contributed by atoms with Crippen molar-refractivity contribution in [2.75, 3.05) is 6.61 Å². The zero-order valence-corrected chi connectivity index (χ0v) is 5.74. The number of hydrogen-bond acceptors (Lipinski definition) is 2. The molecule has 0 aliphatic heterocycles. The summed E-state index contributed by atoms with van der Waals surface area (Å²) >= 11 is 0. The zero-order chi connectivity index (χ0) is 5.49. The van der Waals surface area contributed by atoms with E-state index in [1.807, 2.05) is 0 Å². The molecule has 1 fully saturated rings. The molecule has 0 aromatic rings. The molecule has 1 aliphatic carbocycles. The van der Waals surface area contributed by atoms with E-state index in [0.29, 0.717) is 5.92 Å². The predicted molar refractivity (Wildman–Crippen MR) is 35.0 cm³/mol. The number of aliphatic hydroxyl groups excluding tert-OH is 1. The van der Waals surface area contributed by atoms with Crippen molar-refractivity contribution in [2.45, 2.75) is 18.9 Å². The minimum Gasteiger partial charge on any atom is -0.394 e. The van der Waals surface area contributed by atoms with Gasteiger partial charge in [0.05, 0.1) is 6.61 Å². The number of rotatable bonds is 1. The molecule has 0 radical (unpaired) electrons. The Labute approximate surface area is 55.5 Å². The van der Waals surface area contributed by atoms with Gasteiger partial charge in [0.25, 0.3) is 0 Å². The second-order valence-corrected chi connectivity index (χ2v) is 2.50. The molecule has 1 rings (SSSR count). The van der Waals surface area contributed by atoms with Crippen molar-refractivity contribution in [2.24, 2.45) is 11.7 Å². The van der Waals surface area contributed by atoms with Crippen molar-refractivity contribution in [1.29, 1.82) is 0 Å². The molecule has 0 heterocycles. The molecule has 0 aromatic carbocycles. The molecule has 0 aromatic heterocycles. The summed E-state index contributed by atoms with van der Waals surface area (Å²) in [6, 6.07) is 0. The fourth-order valence-corrected chi connectivity index (χ4v) is 0.732. The molecule has 2 atom stereocenters. The first-order chi connectivity index (χ1) is 3.19. The quantitative estimate of drug-likeness (QED) is 0.540. The van der Waals surface area contributed by atoms with Gasteiger partial charge in [0.15, 0.2) is 0 Å². The molecule has 8 heavy (non-hydrogen) atoms. The summed E-state index contributed by atoms with van der Waals surface area (Å²) in [7, 11) is 0. The van der Waals surface area contributed by atoms with E-state index in [2.05, 4.69) is 6.92 Å². The van der Waals surface area contributed by atoms with Gasteiger partial charge in [-0.15, -0.1) is 12.4 Å². The van der Waals surface area contributed by atoms with Crippen molar-refractivity contribution in [1.82, 2.24) is 0 Å². The number of aliphatic hydroxyl groups is 1. The van der Waals surface area contributed by atoms with Gasteiger partial charge >= 0.3 is 0 Å². The van der Waals surface area contributed by atoms with E-state index in [0.717, 1.165) is 6.42 Å². The molecule has 2 nitrogen and oxygen atoms in total. The second kappa shape index (κ2) is 2.21. The van der Waals surface area contributed by atoms with Gasteiger partial charge in [-0.1, -0.05) is 6.92 Å². The monoisotopic (exact) mass is 137 g/mol. The van der Waals surface area contributed by atoms with Crippen LogP contribution in [0, 0.1) is 5.92 Å². The maximum atomic E-state index is 8.51. The lowest BCUT2D eigenvalue weighted by atomic mass is 10.3. The lowest BCUT2D eigenvalue weighted by Gasteiger charge is -2.00. The van der Waals surface area contributed by atoms with Crippen LogP contribution in [0.1, 0.15) is 13.3 Å². The topological polar surface area (TPSA) is 46.2 Å². The first-order valence-electron chi connectivity index (χ1n) is 2.59. The Bertz CT molecular complexity index is 84.5. The van der Waals surface area contributed by atoms with Gasteiger partial charge in [-0.05, 0) is 12.3 Å². The van der Waals surface area contributed by atoms with Gasteiger partial charge in [0.1, 0.15) is 0 Å². The Kier molecular flexibility index (Phi) is 2.27. The van der Waals surface area contributed by atoms with Gasteiger partial charge in [-0.2, -0.15) is 0 Å². The Morgan fingerprint density at radius 3 is 2.25 bits per heavy atom. The highest BCUT2D eigenvalue weighted by atomic mass is 35.5. The first-order valence-corrected chi connectivity index (χ1v) is 2.59. The van der Waals surface area contributed by atoms with Crippen LogP contribution in [0.5, 0.6) is 0 Å². The fourth-order valence-electron chi connectivity index (χ4n) is 0.732. The molecule has 0 saturated heterocycles. The van der Waals surface area contributed by atoms with E-state index in [-0.39, 0.29) is 24.6 Å². The number of nitrogens with two attached hydrogens (primary N) is 1. The molecule has 3 heteroatoms. The molecule has 3 N–H and O–H groups in total. The zero-order valence-electron chi connectivity index (χ0n) is 4.92. The van der Waals surface area contributed by atoms with Gasteiger partial charge in [-0.25, -0.2) is 0 Å². The fraction of sp³-hybridized carbons (Fsp3) is 1.00. The Balaban J connectivity index is 0.000000490. The lowest BCUT2D eigenvalue weighted by molar-refractivity contribution is 0.249. The van der Waals surface area contributed by atoms with E-state index < -0.39 is 0 Å². The van der Waals surface area contributed by atoms with E-state index >= 15 is 0 Å². The second-order valence-electron chi connectivity index (χ2n) is 2.50. The lowest BCUT2D eigenvalue weighted by Crippen LogP contribution is -2.28. The van der Waals surface area contributed by atoms with E-state index in [9.17, 15) is 0 Å². The van der Waals surface area contributed by atoms with Crippen molar-refractivity contribution >= 4 is 12.4 Å². The van der Waals surface area contributed by atoms with Crippen LogP contribution in [0.3, 0.4) is 0 Å². The van der Waals surface area contributed by atoms with E-state index in [1.165, 1.54) is 0 Å². The minimum atomic E-state index is -0.194. The smallest absolute Gasteiger partial charge is 0.0613 e. The predicted octanol–water partition coefficient (Wildman–Crippen LogP) is 0.138. The summed E-state index contributed by atoms with van der Waals surface area (Å²) in [4.78, 5) is 0. The van der Waals surface area contributed by atoms with Crippen LogP contribution in [0.15, 0.2) is 0 Å². The third-order valence-corrected chi connectivity index (χ3v) is 1.80. The normalized spacial score (nSPS) is 43.1. The summed E-state index contributed by atoms with van der Waals surface area (Å²) in [6.45, 7) is 2.20. The Morgan fingerprint density at radius 1 is 1.88 bits per heavy atom. The molecule has 1 aliphatic rings. The average molecular weight is 138 g/mol. The summed E-state index contributed by atoms with van der Waals surface area (Å²) in [5, 5.41) is 8.51. The van der Waals surface area contributed by atoms with Crippen LogP contribution in [0.2, 0.25) is 0 Å². The first kappa shape index (κ1) is 8.21. The molecule has 0 amide bonds.